The number of nitrogens with zero attached hydrogens (tertiary/aromatic N) is 1. The molecule has 2 aromatic carbocycles. The number of rotatable bonds is 5. The summed E-state index contributed by atoms with van der Waals surface area (Å²) in [6.07, 6.45) is 0. The first kappa shape index (κ1) is 13.7. The largest absolute Gasteiger partial charge is 0.350 e. The van der Waals surface area contributed by atoms with E-state index in [0.717, 1.165) is 16.7 Å². The Balaban J connectivity index is 1.55. The lowest BCUT2D eigenvalue weighted by Crippen LogP contribution is -2.26. The van der Waals surface area contributed by atoms with Gasteiger partial charge >= 0.3 is 0 Å². The number of aromatic amines is 1. The van der Waals surface area contributed by atoms with Gasteiger partial charge in [-0.25, -0.2) is 0 Å². The highest BCUT2D eigenvalue weighted by atomic mass is 32.2. The lowest BCUT2D eigenvalue weighted by Gasteiger charge is -2.03. The average Bonchev–Trinajstić information content (AvgIpc) is 2.96. The van der Waals surface area contributed by atoms with Gasteiger partial charge in [-0.1, -0.05) is 36.4 Å². The van der Waals surface area contributed by atoms with Gasteiger partial charge in [0.1, 0.15) is 0 Å². The van der Waals surface area contributed by atoms with Gasteiger partial charge in [0.25, 0.3) is 5.91 Å². The summed E-state index contributed by atoms with van der Waals surface area (Å²) in [6, 6.07) is 17.8. The van der Waals surface area contributed by atoms with Crippen molar-refractivity contribution in [2.24, 2.45) is 0 Å². The molecule has 0 saturated heterocycles. The zero-order valence-electron chi connectivity index (χ0n) is 11.4. The monoisotopic (exact) mass is 297 g/mol. The molecule has 0 bridgehead atoms. The molecule has 0 unspecified atom stereocenters. The first-order chi connectivity index (χ1) is 10.3. The molecule has 0 aliphatic heterocycles. The van der Waals surface area contributed by atoms with E-state index in [1.165, 1.54) is 4.90 Å². The van der Waals surface area contributed by atoms with Crippen molar-refractivity contribution >= 4 is 28.6 Å². The Hall–Kier alpha value is -2.27. The van der Waals surface area contributed by atoms with Gasteiger partial charge in [-0.2, -0.15) is 5.10 Å². The van der Waals surface area contributed by atoms with E-state index in [9.17, 15) is 4.79 Å². The maximum atomic E-state index is 12.1. The molecule has 0 atom stereocenters. The van der Waals surface area contributed by atoms with Crippen molar-refractivity contribution in [1.29, 1.82) is 0 Å². The van der Waals surface area contributed by atoms with E-state index in [1.807, 2.05) is 42.5 Å². The van der Waals surface area contributed by atoms with Crippen LogP contribution in [-0.2, 0) is 0 Å². The number of hydrogen-bond acceptors (Lipinski definition) is 3. The van der Waals surface area contributed by atoms with E-state index in [4.69, 9.17) is 0 Å². The Labute approximate surface area is 126 Å². The second-order valence-corrected chi connectivity index (χ2v) is 5.70. The molecule has 0 aliphatic rings. The topological polar surface area (TPSA) is 57.8 Å². The standard InChI is InChI=1S/C16H15N3OS/c20-16(15-13-8-4-5-9-14(13)18-19-15)17-10-11-21-12-6-2-1-3-7-12/h1-9H,10-11H2,(H,17,20)(H,18,19). The molecule has 1 aromatic heterocycles. The molecule has 21 heavy (non-hydrogen) atoms. The Morgan fingerprint density at radius 2 is 1.86 bits per heavy atom. The van der Waals surface area contributed by atoms with Crippen LogP contribution in [0.3, 0.4) is 0 Å². The lowest BCUT2D eigenvalue weighted by molar-refractivity contribution is 0.0953. The second-order valence-electron chi connectivity index (χ2n) is 4.54. The molecular formula is C16H15N3OS. The number of carbonyl (C=O) groups excluding carboxylic acids is 1. The molecule has 3 rings (SSSR count). The van der Waals surface area contributed by atoms with Crippen LogP contribution in [0.1, 0.15) is 10.5 Å². The van der Waals surface area contributed by atoms with Crippen LogP contribution in [0.4, 0.5) is 0 Å². The van der Waals surface area contributed by atoms with Crippen molar-refractivity contribution < 1.29 is 4.79 Å². The summed E-state index contributed by atoms with van der Waals surface area (Å²) < 4.78 is 0. The summed E-state index contributed by atoms with van der Waals surface area (Å²) >= 11 is 1.72. The number of thioether (sulfide) groups is 1. The molecule has 1 amide bonds. The lowest BCUT2D eigenvalue weighted by atomic mass is 10.2. The third-order valence-corrected chi connectivity index (χ3v) is 4.10. The number of fused-ring (bicyclic) bond motifs is 1. The quantitative estimate of drug-likeness (QED) is 0.562. The summed E-state index contributed by atoms with van der Waals surface area (Å²) in [5.41, 5.74) is 1.33. The van der Waals surface area contributed by atoms with Crippen LogP contribution in [-0.4, -0.2) is 28.4 Å². The van der Waals surface area contributed by atoms with Crippen molar-refractivity contribution in [3.8, 4) is 0 Å². The third kappa shape index (κ3) is 3.25. The third-order valence-electron chi connectivity index (χ3n) is 3.08. The van der Waals surface area contributed by atoms with Crippen LogP contribution >= 0.6 is 11.8 Å². The molecule has 2 N–H and O–H groups in total. The zero-order chi connectivity index (χ0) is 14.5. The van der Waals surface area contributed by atoms with Crippen LogP contribution in [0.5, 0.6) is 0 Å². The van der Waals surface area contributed by atoms with E-state index in [-0.39, 0.29) is 5.91 Å². The van der Waals surface area contributed by atoms with Crippen LogP contribution in [0.15, 0.2) is 59.5 Å². The smallest absolute Gasteiger partial charge is 0.272 e. The van der Waals surface area contributed by atoms with E-state index >= 15 is 0 Å². The summed E-state index contributed by atoms with van der Waals surface area (Å²) in [5, 5.41) is 10.7. The number of amides is 1. The van der Waals surface area contributed by atoms with Crippen LogP contribution in [0, 0.1) is 0 Å². The van der Waals surface area contributed by atoms with E-state index in [0.29, 0.717) is 12.2 Å². The van der Waals surface area contributed by atoms with Gasteiger partial charge in [-0.15, -0.1) is 11.8 Å². The fraction of sp³-hybridized carbons (Fsp3) is 0.125. The van der Waals surface area contributed by atoms with Gasteiger partial charge in [-0.05, 0) is 18.2 Å². The molecule has 0 spiro atoms. The van der Waals surface area contributed by atoms with Crippen molar-refractivity contribution in [3.05, 3.63) is 60.3 Å². The van der Waals surface area contributed by atoms with Gasteiger partial charge in [0.05, 0.1) is 5.52 Å². The maximum Gasteiger partial charge on any atom is 0.272 e. The first-order valence-corrected chi connectivity index (χ1v) is 7.72. The van der Waals surface area contributed by atoms with Gasteiger partial charge < -0.3 is 5.32 Å². The Kier molecular flexibility index (Phi) is 4.21. The molecule has 0 aliphatic carbocycles. The molecule has 5 heteroatoms. The fourth-order valence-electron chi connectivity index (χ4n) is 2.07. The number of benzene rings is 2. The molecule has 4 nitrogen and oxygen atoms in total. The average molecular weight is 297 g/mol. The Morgan fingerprint density at radius 1 is 1.10 bits per heavy atom. The number of para-hydroxylation sites is 1. The van der Waals surface area contributed by atoms with Crippen LogP contribution < -0.4 is 5.32 Å². The molecule has 106 valence electrons. The minimum Gasteiger partial charge on any atom is -0.350 e. The summed E-state index contributed by atoms with van der Waals surface area (Å²) in [4.78, 5) is 13.3. The summed E-state index contributed by atoms with van der Waals surface area (Å²) in [5.74, 6) is 0.694. The Bertz CT molecular complexity index is 739. The SMILES string of the molecule is O=C(NCCSc1ccccc1)c1n[nH]c2ccccc12. The van der Waals surface area contributed by atoms with Crippen molar-refractivity contribution in [2.45, 2.75) is 4.90 Å². The van der Waals surface area contributed by atoms with Gasteiger partial charge in [0, 0.05) is 22.6 Å². The summed E-state index contributed by atoms with van der Waals surface area (Å²) in [7, 11) is 0. The number of H-pyrrole nitrogens is 1. The van der Waals surface area contributed by atoms with E-state index < -0.39 is 0 Å². The first-order valence-electron chi connectivity index (χ1n) is 6.74. The second kappa shape index (κ2) is 6.45. The van der Waals surface area contributed by atoms with Crippen molar-refractivity contribution in [1.82, 2.24) is 15.5 Å². The highest BCUT2D eigenvalue weighted by molar-refractivity contribution is 7.99. The van der Waals surface area contributed by atoms with Gasteiger partial charge in [0.2, 0.25) is 0 Å². The number of hydrogen-bond donors (Lipinski definition) is 2. The highest BCUT2D eigenvalue weighted by Gasteiger charge is 2.12. The van der Waals surface area contributed by atoms with Crippen LogP contribution in [0.25, 0.3) is 10.9 Å². The van der Waals surface area contributed by atoms with Gasteiger partial charge in [0.15, 0.2) is 5.69 Å². The molecule has 0 fully saturated rings. The molecular weight excluding hydrogens is 282 g/mol. The van der Waals surface area contributed by atoms with Crippen molar-refractivity contribution in [2.75, 3.05) is 12.3 Å². The maximum absolute atomic E-state index is 12.1. The molecule has 0 radical (unpaired) electrons. The normalized spacial score (nSPS) is 10.7. The van der Waals surface area contributed by atoms with E-state index in [2.05, 4.69) is 27.6 Å². The number of nitrogens with one attached hydrogen (secondary N) is 2. The predicted octanol–water partition coefficient (Wildman–Crippen LogP) is 3.09. The van der Waals surface area contributed by atoms with Crippen LogP contribution in [0.2, 0.25) is 0 Å². The number of aromatic nitrogens is 2. The zero-order valence-corrected chi connectivity index (χ0v) is 12.2. The summed E-state index contributed by atoms with van der Waals surface area (Å²) in [6.45, 7) is 0.611. The van der Waals surface area contributed by atoms with E-state index in [1.54, 1.807) is 11.8 Å². The van der Waals surface area contributed by atoms with Gasteiger partial charge in [-0.3, -0.25) is 9.89 Å². The minimum atomic E-state index is -0.138. The fourth-order valence-corrected chi connectivity index (χ4v) is 2.86. The molecule has 0 saturated carbocycles. The molecule has 3 aromatic rings. The minimum absolute atomic E-state index is 0.138. The molecule has 1 heterocycles. The number of carbonyl (C=O) groups is 1. The van der Waals surface area contributed by atoms with Crippen molar-refractivity contribution in [3.63, 3.8) is 0 Å². The Morgan fingerprint density at radius 3 is 2.71 bits per heavy atom. The predicted molar refractivity (Wildman–Crippen MR) is 85.6 cm³/mol. The highest BCUT2D eigenvalue weighted by Crippen LogP contribution is 2.17.